The maximum absolute atomic E-state index is 10.3. The third-order valence-corrected chi connectivity index (χ3v) is 7.94. The van der Waals surface area contributed by atoms with Crippen LogP contribution >= 0.6 is 0 Å². The van der Waals surface area contributed by atoms with Gasteiger partial charge in [-0.25, -0.2) is 0 Å². The number of aryl methyl sites for hydroxylation is 1. The molecule has 2 heterocycles. The van der Waals surface area contributed by atoms with Gasteiger partial charge in [0.1, 0.15) is 36.9 Å². The zero-order chi connectivity index (χ0) is 29.3. The molecule has 6 nitrogen and oxygen atoms in total. The number of aliphatic hydroxyl groups excluding tert-OH is 1. The van der Waals surface area contributed by atoms with Gasteiger partial charge in [-0.2, -0.15) is 0 Å². The molecule has 2 aliphatic heterocycles. The van der Waals surface area contributed by atoms with E-state index in [1.54, 1.807) is 0 Å². The highest BCUT2D eigenvalue weighted by Gasteiger charge is 2.23. The molecule has 6 rings (SSSR count). The molecule has 2 unspecified atom stereocenters. The molecule has 0 bridgehead atoms. The van der Waals surface area contributed by atoms with Crippen molar-refractivity contribution in [2.24, 2.45) is 0 Å². The molecule has 0 saturated carbocycles. The monoisotopic (exact) mass is 580 g/mol. The normalized spacial score (nSPS) is 16.8. The fraction of sp³-hybridized carbons (Fsp3) is 0.351. The molecule has 2 saturated heterocycles. The van der Waals surface area contributed by atoms with E-state index in [1.807, 2.05) is 36.4 Å². The molecule has 0 radical (unpaired) electrons. The van der Waals surface area contributed by atoms with Crippen molar-refractivity contribution in [1.29, 1.82) is 0 Å². The Hall–Kier alpha value is -3.68. The van der Waals surface area contributed by atoms with Crippen LogP contribution in [0, 0.1) is 0 Å². The lowest BCUT2D eigenvalue weighted by Crippen LogP contribution is -2.24. The van der Waals surface area contributed by atoms with Crippen molar-refractivity contribution in [3.8, 4) is 33.8 Å². The fourth-order valence-corrected chi connectivity index (χ4v) is 5.07. The molecular weight excluding hydrogens is 540 g/mol. The molecule has 224 valence electrons. The number of hydrogen-bond donors (Lipinski definition) is 1. The van der Waals surface area contributed by atoms with Crippen LogP contribution in [0.1, 0.15) is 29.9 Å². The van der Waals surface area contributed by atoms with E-state index in [1.165, 1.54) is 27.8 Å². The van der Waals surface area contributed by atoms with Gasteiger partial charge in [-0.05, 0) is 76.9 Å². The van der Waals surface area contributed by atoms with Crippen molar-refractivity contribution in [1.82, 2.24) is 0 Å². The summed E-state index contributed by atoms with van der Waals surface area (Å²) in [5.74, 6) is 2.15. The molecule has 2 aliphatic rings. The van der Waals surface area contributed by atoms with Crippen LogP contribution < -0.4 is 9.47 Å². The van der Waals surface area contributed by atoms with E-state index in [9.17, 15) is 5.11 Å². The highest BCUT2D eigenvalue weighted by molar-refractivity contribution is 5.65. The minimum absolute atomic E-state index is 0.203. The zero-order valence-corrected chi connectivity index (χ0v) is 24.5. The molecule has 2 fully saturated rings. The van der Waals surface area contributed by atoms with Crippen molar-refractivity contribution in [2.75, 3.05) is 46.2 Å². The lowest BCUT2D eigenvalue weighted by molar-refractivity contribution is 0.00843. The second-order valence-electron chi connectivity index (χ2n) is 11.4. The van der Waals surface area contributed by atoms with E-state index < -0.39 is 6.10 Å². The Morgan fingerprint density at radius 2 is 1.21 bits per heavy atom. The van der Waals surface area contributed by atoms with Gasteiger partial charge in [-0.1, -0.05) is 72.8 Å². The molecule has 43 heavy (non-hydrogen) atoms. The van der Waals surface area contributed by atoms with Crippen molar-refractivity contribution in [3.05, 3.63) is 108 Å². The third kappa shape index (κ3) is 8.68. The molecule has 0 amide bonds. The first-order valence-corrected chi connectivity index (χ1v) is 15.3. The van der Waals surface area contributed by atoms with Gasteiger partial charge in [0, 0.05) is 12.5 Å². The van der Waals surface area contributed by atoms with Crippen LogP contribution in [0.3, 0.4) is 0 Å². The molecule has 4 aromatic carbocycles. The van der Waals surface area contributed by atoms with E-state index in [0.717, 1.165) is 56.1 Å². The lowest BCUT2D eigenvalue weighted by Gasteiger charge is -2.26. The second-order valence-corrected chi connectivity index (χ2v) is 11.4. The number of benzene rings is 4. The first-order chi connectivity index (χ1) is 21.2. The minimum atomic E-state index is -0.664. The minimum Gasteiger partial charge on any atom is -0.491 e. The molecule has 0 aliphatic carbocycles. The Bertz CT molecular complexity index is 1390. The number of ether oxygens (including phenoxy) is 5. The number of rotatable bonds is 16. The van der Waals surface area contributed by atoms with Gasteiger partial charge in [0.05, 0.1) is 26.4 Å². The Balaban J connectivity index is 0.834. The van der Waals surface area contributed by atoms with E-state index in [2.05, 4.69) is 60.7 Å². The Morgan fingerprint density at radius 1 is 0.651 bits per heavy atom. The van der Waals surface area contributed by atoms with Crippen LogP contribution in [-0.2, 0) is 20.6 Å². The number of hydrogen-bond acceptors (Lipinski definition) is 6. The van der Waals surface area contributed by atoms with E-state index in [0.29, 0.717) is 19.1 Å². The average Bonchev–Trinajstić information content (AvgIpc) is 3.86. The molecule has 0 aromatic heterocycles. The summed E-state index contributed by atoms with van der Waals surface area (Å²) in [4.78, 5) is 0. The summed E-state index contributed by atoms with van der Waals surface area (Å²) in [5.41, 5.74) is 7.33. The van der Waals surface area contributed by atoms with Crippen LogP contribution in [0.2, 0.25) is 0 Å². The van der Waals surface area contributed by atoms with Crippen LogP contribution in [0.25, 0.3) is 22.3 Å². The summed E-state index contributed by atoms with van der Waals surface area (Å²) in [6, 6.07) is 33.6. The molecule has 4 aromatic rings. The van der Waals surface area contributed by atoms with Crippen molar-refractivity contribution in [3.63, 3.8) is 0 Å². The summed E-state index contributed by atoms with van der Waals surface area (Å²) < 4.78 is 27.7. The Kier molecular flexibility index (Phi) is 10.0. The molecule has 6 heteroatoms. The van der Waals surface area contributed by atoms with E-state index >= 15 is 0 Å². The summed E-state index contributed by atoms with van der Waals surface area (Å²) in [5, 5.41) is 10.3. The third-order valence-electron chi connectivity index (χ3n) is 7.94. The first-order valence-electron chi connectivity index (χ1n) is 15.3. The van der Waals surface area contributed by atoms with Crippen molar-refractivity contribution < 1.29 is 28.8 Å². The predicted molar refractivity (Wildman–Crippen MR) is 168 cm³/mol. The summed E-state index contributed by atoms with van der Waals surface area (Å²) in [7, 11) is 0. The maximum atomic E-state index is 10.3. The van der Waals surface area contributed by atoms with Crippen LogP contribution in [-0.4, -0.2) is 63.6 Å². The van der Waals surface area contributed by atoms with Gasteiger partial charge in [0.2, 0.25) is 0 Å². The average molecular weight is 581 g/mol. The molecule has 2 atom stereocenters. The number of aliphatic hydroxyl groups is 1. The Labute approximate surface area is 254 Å². The molecular formula is C37H40O6. The van der Waals surface area contributed by atoms with Gasteiger partial charge in [0.15, 0.2) is 0 Å². The zero-order valence-electron chi connectivity index (χ0n) is 24.5. The number of epoxide rings is 1. The predicted octanol–water partition coefficient (Wildman–Crippen LogP) is 6.69. The molecule has 0 spiro atoms. The largest absolute Gasteiger partial charge is 0.491 e. The summed E-state index contributed by atoms with van der Waals surface area (Å²) >= 11 is 0. The second kappa shape index (κ2) is 14.7. The number of unbranched alkanes of at least 4 members (excludes halogenated alkanes) is 1. The Morgan fingerprint density at radius 3 is 1.77 bits per heavy atom. The topological polar surface area (TPSA) is 69.7 Å². The van der Waals surface area contributed by atoms with Gasteiger partial charge >= 0.3 is 0 Å². The van der Waals surface area contributed by atoms with Crippen LogP contribution in [0.4, 0.5) is 0 Å². The SMILES string of the molecule is OC(COCCCCc1ccc(-c2ccc(OCC3CO3)cc2)cc1)COc1ccc(-c2ccc(C3COC3)cc2)cc1. The summed E-state index contributed by atoms with van der Waals surface area (Å²) in [6.07, 6.45) is 2.58. The standard InChI is InChI=1S/C37H40O6/c38-34(24-41-35-16-12-31(13-17-35)29-8-10-32(11-9-29)33-21-40-22-33)23-39-20-2-1-3-27-4-6-28(7-5-27)30-14-18-36(19-15-30)42-25-37-26-43-37/h4-19,33-34,37-38H,1-3,20-26H2. The van der Waals surface area contributed by atoms with Crippen molar-refractivity contribution in [2.45, 2.75) is 37.4 Å². The van der Waals surface area contributed by atoms with Gasteiger partial charge in [-0.3, -0.25) is 0 Å². The van der Waals surface area contributed by atoms with Gasteiger partial charge in [-0.15, -0.1) is 0 Å². The highest BCUT2D eigenvalue weighted by atomic mass is 16.6. The van der Waals surface area contributed by atoms with Crippen LogP contribution in [0.15, 0.2) is 97.1 Å². The fourth-order valence-electron chi connectivity index (χ4n) is 5.07. The van der Waals surface area contributed by atoms with Gasteiger partial charge < -0.3 is 28.8 Å². The maximum Gasteiger partial charge on any atom is 0.119 e. The van der Waals surface area contributed by atoms with Crippen molar-refractivity contribution >= 4 is 0 Å². The molecule has 1 N–H and O–H groups in total. The smallest absolute Gasteiger partial charge is 0.119 e. The van der Waals surface area contributed by atoms with E-state index in [-0.39, 0.29) is 19.3 Å². The quantitative estimate of drug-likeness (QED) is 0.118. The van der Waals surface area contributed by atoms with Crippen LogP contribution in [0.5, 0.6) is 11.5 Å². The highest BCUT2D eigenvalue weighted by Crippen LogP contribution is 2.28. The van der Waals surface area contributed by atoms with Gasteiger partial charge in [0.25, 0.3) is 0 Å². The lowest BCUT2D eigenvalue weighted by atomic mass is 9.95. The summed E-state index contributed by atoms with van der Waals surface area (Å²) in [6.45, 7) is 4.17. The first kappa shape index (κ1) is 29.4. The van der Waals surface area contributed by atoms with E-state index in [4.69, 9.17) is 23.7 Å².